The first-order valence-corrected chi connectivity index (χ1v) is 6.71. The van der Waals surface area contributed by atoms with Crippen LogP contribution in [0.1, 0.15) is 6.42 Å². The standard InChI is InChI=1S/C16H16F2N2O2/c1-22-13-5-2-11(3-6-13)19-9-8-16(21)20-12-4-7-14(17)15(18)10-12/h2-7,10,19H,8-9H2,1H3,(H,20,21). The number of hydrogen-bond acceptors (Lipinski definition) is 3. The van der Waals surface area contributed by atoms with Crippen molar-refractivity contribution in [1.29, 1.82) is 0 Å². The molecule has 0 radical (unpaired) electrons. The van der Waals surface area contributed by atoms with Gasteiger partial charge < -0.3 is 15.4 Å². The van der Waals surface area contributed by atoms with Gasteiger partial charge in [0.15, 0.2) is 11.6 Å². The molecule has 0 bridgehead atoms. The van der Waals surface area contributed by atoms with Gasteiger partial charge in [0.2, 0.25) is 5.91 Å². The highest BCUT2D eigenvalue weighted by molar-refractivity contribution is 5.90. The van der Waals surface area contributed by atoms with Crippen molar-refractivity contribution in [2.24, 2.45) is 0 Å². The summed E-state index contributed by atoms with van der Waals surface area (Å²) in [4.78, 5) is 11.7. The lowest BCUT2D eigenvalue weighted by molar-refractivity contribution is -0.115. The highest BCUT2D eigenvalue weighted by Gasteiger charge is 2.06. The summed E-state index contributed by atoms with van der Waals surface area (Å²) < 4.78 is 30.8. The van der Waals surface area contributed by atoms with Crippen LogP contribution < -0.4 is 15.4 Å². The highest BCUT2D eigenvalue weighted by atomic mass is 19.2. The minimum atomic E-state index is -0.992. The van der Waals surface area contributed by atoms with Crippen molar-refractivity contribution >= 4 is 17.3 Å². The summed E-state index contributed by atoms with van der Waals surface area (Å²) in [6, 6.07) is 10.5. The Balaban J connectivity index is 1.78. The van der Waals surface area contributed by atoms with Crippen molar-refractivity contribution in [3.63, 3.8) is 0 Å². The number of ether oxygens (including phenoxy) is 1. The van der Waals surface area contributed by atoms with Crippen LogP contribution in [-0.4, -0.2) is 19.6 Å². The number of hydrogen-bond donors (Lipinski definition) is 2. The zero-order valence-corrected chi connectivity index (χ0v) is 12.0. The average Bonchev–Trinajstić information content (AvgIpc) is 2.51. The third kappa shape index (κ3) is 4.44. The Hall–Kier alpha value is -2.63. The minimum Gasteiger partial charge on any atom is -0.497 e. The van der Waals surface area contributed by atoms with Gasteiger partial charge in [-0.2, -0.15) is 0 Å². The second-order valence-electron chi connectivity index (χ2n) is 4.58. The number of methoxy groups -OCH3 is 1. The molecule has 0 saturated heterocycles. The first-order valence-electron chi connectivity index (χ1n) is 6.71. The smallest absolute Gasteiger partial charge is 0.226 e. The molecule has 2 rings (SSSR count). The van der Waals surface area contributed by atoms with Crippen LogP contribution in [0, 0.1) is 11.6 Å². The molecule has 0 aliphatic rings. The fourth-order valence-electron chi connectivity index (χ4n) is 1.83. The Morgan fingerprint density at radius 2 is 1.73 bits per heavy atom. The van der Waals surface area contributed by atoms with Crippen LogP contribution in [0.3, 0.4) is 0 Å². The summed E-state index contributed by atoms with van der Waals surface area (Å²) in [5.41, 5.74) is 1.09. The summed E-state index contributed by atoms with van der Waals surface area (Å²) in [7, 11) is 1.59. The topological polar surface area (TPSA) is 50.4 Å². The minimum absolute atomic E-state index is 0.199. The van der Waals surface area contributed by atoms with E-state index in [9.17, 15) is 13.6 Å². The number of amides is 1. The molecule has 0 atom stereocenters. The van der Waals surface area contributed by atoms with Crippen LogP contribution in [0.2, 0.25) is 0 Å². The summed E-state index contributed by atoms with van der Waals surface area (Å²) in [5, 5.41) is 5.59. The zero-order valence-electron chi connectivity index (χ0n) is 12.0. The van der Waals surface area contributed by atoms with E-state index < -0.39 is 11.6 Å². The molecule has 2 aromatic carbocycles. The van der Waals surface area contributed by atoms with E-state index in [4.69, 9.17) is 4.74 Å². The molecular weight excluding hydrogens is 290 g/mol. The predicted molar refractivity (Wildman–Crippen MR) is 81.1 cm³/mol. The van der Waals surface area contributed by atoms with Gasteiger partial charge in [0.25, 0.3) is 0 Å². The van der Waals surface area contributed by atoms with Gasteiger partial charge in [0, 0.05) is 30.4 Å². The fourth-order valence-corrected chi connectivity index (χ4v) is 1.83. The molecule has 2 aromatic rings. The average molecular weight is 306 g/mol. The van der Waals surface area contributed by atoms with E-state index in [1.54, 1.807) is 7.11 Å². The van der Waals surface area contributed by atoms with Gasteiger partial charge in [0.05, 0.1) is 7.11 Å². The summed E-state index contributed by atoms with van der Waals surface area (Å²) in [5.74, 6) is -1.47. The maximum absolute atomic E-state index is 13.0. The van der Waals surface area contributed by atoms with Gasteiger partial charge in [-0.3, -0.25) is 4.79 Å². The van der Waals surface area contributed by atoms with Crippen molar-refractivity contribution in [3.8, 4) is 5.75 Å². The number of carbonyl (C=O) groups excluding carboxylic acids is 1. The van der Waals surface area contributed by atoms with Crippen LogP contribution in [0.15, 0.2) is 42.5 Å². The van der Waals surface area contributed by atoms with Crippen LogP contribution in [0.5, 0.6) is 5.75 Å². The Bertz CT molecular complexity index is 645. The first-order chi connectivity index (χ1) is 10.6. The summed E-state index contributed by atoms with van der Waals surface area (Å²) in [6.07, 6.45) is 0.199. The van der Waals surface area contributed by atoms with Gasteiger partial charge >= 0.3 is 0 Å². The normalized spacial score (nSPS) is 10.1. The van der Waals surface area contributed by atoms with E-state index in [2.05, 4.69) is 10.6 Å². The molecule has 0 unspecified atom stereocenters. The molecule has 0 spiro atoms. The van der Waals surface area contributed by atoms with Crippen LogP contribution >= 0.6 is 0 Å². The Morgan fingerprint density at radius 1 is 1.05 bits per heavy atom. The van der Waals surface area contributed by atoms with E-state index >= 15 is 0 Å². The summed E-state index contributed by atoms with van der Waals surface area (Å²) in [6.45, 7) is 0.418. The van der Waals surface area contributed by atoms with Gasteiger partial charge in [-0.1, -0.05) is 0 Å². The largest absolute Gasteiger partial charge is 0.497 e. The van der Waals surface area contributed by atoms with Crippen molar-refractivity contribution < 1.29 is 18.3 Å². The maximum Gasteiger partial charge on any atom is 0.226 e. The van der Waals surface area contributed by atoms with E-state index in [1.165, 1.54) is 6.07 Å². The zero-order chi connectivity index (χ0) is 15.9. The Labute approximate surface area is 127 Å². The van der Waals surface area contributed by atoms with E-state index in [1.807, 2.05) is 24.3 Å². The summed E-state index contributed by atoms with van der Waals surface area (Å²) >= 11 is 0. The maximum atomic E-state index is 13.0. The quantitative estimate of drug-likeness (QED) is 0.860. The molecule has 116 valence electrons. The monoisotopic (exact) mass is 306 g/mol. The number of carbonyl (C=O) groups is 1. The third-order valence-corrected chi connectivity index (χ3v) is 2.97. The molecule has 0 aliphatic heterocycles. The predicted octanol–water partition coefficient (Wildman–Crippen LogP) is 3.41. The fraction of sp³-hybridized carbons (Fsp3) is 0.188. The molecule has 2 N–H and O–H groups in total. The van der Waals surface area contributed by atoms with Crippen molar-refractivity contribution in [3.05, 3.63) is 54.1 Å². The second-order valence-corrected chi connectivity index (χ2v) is 4.58. The molecule has 0 saturated carbocycles. The number of nitrogens with one attached hydrogen (secondary N) is 2. The van der Waals surface area contributed by atoms with Crippen molar-refractivity contribution in [2.45, 2.75) is 6.42 Å². The van der Waals surface area contributed by atoms with Crippen molar-refractivity contribution in [2.75, 3.05) is 24.3 Å². The SMILES string of the molecule is COc1ccc(NCCC(=O)Nc2ccc(F)c(F)c2)cc1. The van der Waals surface area contributed by atoms with Gasteiger partial charge in [-0.25, -0.2) is 8.78 Å². The molecule has 0 fully saturated rings. The Kier molecular flexibility index (Phi) is 5.30. The third-order valence-electron chi connectivity index (χ3n) is 2.97. The lowest BCUT2D eigenvalue weighted by atomic mass is 10.2. The number of halogens is 2. The van der Waals surface area contributed by atoms with Crippen LogP contribution in [0.25, 0.3) is 0 Å². The molecule has 0 aliphatic carbocycles. The molecular formula is C16H16F2N2O2. The lowest BCUT2D eigenvalue weighted by Gasteiger charge is -2.08. The van der Waals surface area contributed by atoms with Crippen LogP contribution in [0.4, 0.5) is 20.2 Å². The van der Waals surface area contributed by atoms with E-state index in [0.717, 1.165) is 23.6 Å². The highest BCUT2D eigenvalue weighted by Crippen LogP contribution is 2.15. The molecule has 22 heavy (non-hydrogen) atoms. The van der Waals surface area contributed by atoms with E-state index in [-0.39, 0.29) is 18.0 Å². The molecule has 0 aromatic heterocycles. The second kappa shape index (κ2) is 7.40. The molecule has 0 heterocycles. The van der Waals surface area contributed by atoms with Gasteiger partial charge in [-0.15, -0.1) is 0 Å². The van der Waals surface area contributed by atoms with Gasteiger partial charge in [-0.05, 0) is 36.4 Å². The number of anilines is 2. The number of rotatable bonds is 6. The van der Waals surface area contributed by atoms with Crippen LogP contribution in [-0.2, 0) is 4.79 Å². The molecule has 1 amide bonds. The van der Waals surface area contributed by atoms with Crippen molar-refractivity contribution in [1.82, 2.24) is 0 Å². The van der Waals surface area contributed by atoms with Gasteiger partial charge in [0.1, 0.15) is 5.75 Å². The Morgan fingerprint density at radius 3 is 2.36 bits per heavy atom. The lowest BCUT2D eigenvalue weighted by Crippen LogP contribution is -2.16. The number of benzene rings is 2. The molecule has 4 nitrogen and oxygen atoms in total. The first kappa shape index (κ1) is 15.8. The molecule has 6 heteroatoms. The van der Waals surface area contributed by atoms with E-state index in [0.29, 0.717) is 6.54 Å².